The summed E-state index contributed by atoms with van der Waals surface area (Å²) in [5.41, 5.74) is 0.888. The molecule has 0 spiro atoms. The van der Waals surface area contributed by atoms with Crippen LogP contribution in [0.4, 0.5) is 0 Å². The molecule has 6 heteroatoms. The van der Waals surface area contributed by atoms with Gasteiger partial charge in [-0.2, -0.15) is 0 Å². The Bertz CT molecular complexity index is 742. The van der Waals surface area contributed by atoms with Gasteiger partial charge in [-0.05, 0) is 31.5 Å². The number of rotatable bonds is 5. The van der Waals surface area contributed by atoms with Crippen LogP contribution in [0.1, 0.15) is 31.2 Å². The molecule has 3 rings (SSSR count). The van der Waals surface area contributed by atoms with Crippen LogP contribution in [-0.4, -0.2) is 47.4 Å². The third-order valence-electron chi connectivity index (χ3n) is 4.55. The maximum atomic E-state index is 13.1. The van der Waals surface area contributed by atoms with E-state index in [0.717, 1.165) is 5.56 Å². The summed E-state index contributed by atoms with van der Waals surface area (Å²) in [5.74, 6) is 0.421. The highest BCUT2D eigenvalue weighted by molar-refractivity contribution is 5.86. The Labute approximate surface area is 153 Å². The normalized spacial score (nSPS) is 20.5. The van der Waals surface area contributed by atoms with Crippen molar-refractivity contribution in [2.24, 2.45) is 0 Å². The molecule has 2 heterocycles. The van der Waals surface area contributed by atoms with Gasteiger partial charge in [0.05, 0.1) is 18.8 Å². The number of amides is 2. The van der Waals surface area contributed by atoms with Crippen LogP contribution in [0.15, 0.2) is 53.1 Å². The molecule has 0 bridgehead atoms. The van der Waals surface area contributed by atoms with Gasteiger partial charge in [0.25, 0.3) is 5.91 Å². The molecule has 2 aromatic rings. The Morgan fingerprint density at radius 1 is 1.23 bits per heavy atom. The van der Waals surface area contributed by atoms with Crippen molar-refractivity contribution in [1.82, 2.24) is 9.80 Å². The molecule has 0 N–H and O–H groups in total. The van der Waals surface area contributed by atoms with Gasteiger partial charge >= 0.3 is 0 Å². The van der Waals surface area contributed by atoms with E-state index in [-0.39, 0.29) is 24.5 Å². The zero-order valence-corrected chi connectivity index (χ0v) is 15.3. The molecule has 2 unspecified atom stereocenters. The average molecular weight is 356 g/mol. The lowest BCUT2D eigenvalue weighted by Crippen LogP contribution is -2.56. The number of nitrogens with zero attached hydrogens (tertiary/aromatic N) is 2. The standard InChI is InChI=1S/C20H24N2O4/c1-14(2)22-17(23)13-26-19(18(22)15-8-5-4-6-9-15)20(24)21(3)12-16-10-7-11-25-16/h4-11,14,18-19H,12-13H2,1-3H3. The highest BCUT2D eigenvalue weighted by Crippen LogP contribution is 2.33. The fourth-order valence-corrected chi connectivity index (χ4v) is 3.36. The van der Waals surface area contributed by atoms with Crippen molar-refractivity contribution in [3.05, 3.63) is 60.1 Å². The fraction of sp³-hybridized carbons (Fsp3) is 0.400. The van der Waals surface area contributed by atoms with Gasteiger partial charge in [-0.25, -0.2) is 0 Å². The molecule has 138 valence electrons. The lowest BCUT2D eigenvalue weighted by atomic mass is 9.95. The maximum Gasteiger partial charge on any atom is 0.254 e. The molecule has 26 heavy (non-hydrogen) atoms. The summed E-state index contributed by atoms with van der Waals surface area (Å²) in [4.78, 5) is 28.9. The minimum Gasteiger partial charge on any atom is -0.467 e. The molecular weight excluding hydrogens is 332 g/mol. The van der Waals surface area contributed by atoms with E-state index < -0.39 is 12.1 Å². The second-order valence-electron chi connectivity index (χ2n) is 6.76. The highest BCUT2D eigenvalue weighted by Gasteiger charge is 2.43. The van der Waals surface area contributed by atoms with Gasteiger partial charge in [-0.15, -0.1) is 0 Å². The number of ether oxygens (including phenoxy) is 1. The van der Waals surface area contributed by atoms with Crippen molar-refractivity contribution in [2.75, 3.05) is 13.7 Å². The molecular formula is C20H24N2O4. The number of likely N-dealkylation sites (N-methyl/N-ethyl adjacent to an activating group) is 1. The van der Waals surface area contributed by atoms with E-state index in [2.05, 4.69) is 0 Å². The van der Waals surface area contributed by atoms with Gasteiger partial charge in [0, 0.05) is 13.1 Å². The van der Waals surface area contributed by atoms with Gasteiger partial charge in [0.15, 0.2) is 6.10 Å². The lowest BCUT2D eigenvalue weighted by molar-refractivity contribution is -0.171. The molecule has 1 saturated heterocycles. The van der Waals surface area contributed by atoms with Crippen LogP contribution in [0.25, 0.3) is 0 Å². The summed E-state index contributed by atoms with van der Waals surface area (Å²) in [5, 5.41) is 0. The van der Waals surface area contributed by atoms with Gasteiger partial charge in [-0.1, -0.05) is 30.3 Å². The Balaban J connectivity index is 1.89. The summed E-state index contributed by atoms with van der Waals surface area (Å²) in [7, 11) is 1.71. The van der Waals surface area contributed by atoms with Crippen LogP contribution in [0.5, 0.6) is 0 Å². The topological polar surface area (TPSA) is 63.0 Å². The first-order chi connectivity index (χ1) is 12.5. The van der Waals surface area contributed by atoms with E-state index in [0.29, 0.717) is 12.3 Å². The number of carbonyl (C=O) groups is 2. The summed E-state index contributed by atoms with van der Waals surface area (Å²) < 4.78 is 11.1. The van der Waals surface area contributed by atoms with Crippen LogP contribution in [0.3, 0.4) is 0 Å². The van der Waals surface area contributed by atoms with Crippen molar-refractivity contribution < 1.29 is 18.7 Å². The quantitative estimate of drug-likeness (QED) is 0.826. The second-order valence-corrected chi connectivity index (χ2v) is 6.76. The van der Waals surface area contributed by atoms with Crippen LogP contribution >= 0.6 is 0 Å². The number of hydrogen-bond acceptors (Lipinski definition) is 4. The van der Waals surface area contributed by atoms with Crippen LogP contribution in [-0.2, 0) is 20.9 Å². The highest BCUT2D eigenvalue weighted by atomic mass is 16.5. The fourth-order valence-electron chi connectivity index (χ4n) is 3.36. The largest absolute Gasteiger partial charge is 0.467 e. The minimum absolute atomic E-state index is 0.0396. The number of carbonyl (C=O) groups excluding carboxylic acids is 2. The molecule has 1 aliphatic heterocycles. The third kappa shape index (κ3) is 3.65. The van der Waals surface area contributed by atoms with Gasteiger partial charge in [0.1, 0.15) is 12.4 Å². The molecule has 0 aliphatic carbocycles. The Morgan fingerprint density at radius 2 is 1.96 bits per heavy atom. The summed E-state index contributed by atoms with van der Waals surface area (Å²) in [6.45, 7) is 4.16. The summed E-state index contributed by atoms with van der Waals surface area (Å²) in [6.07, 6.45) is 0.828. The molecule has 0 saturated carbocycles. The van der Waals surface area contributed by atoms with E-state index >= 15 is 0 Å². The molecule has 2 amide bonds. The van der Waals surface area contributed by atoms with E-state index in [1.807, 2.05) is 50.2 Å². The van der Waals surface area contributed by atoms with Crippen LogP contribution in [0.2, 0.25) is 0 Å². The van der Waals surface area contributed by atoms with Gasteiger partial charge in [-0.3, -0.25) is 9.59 Å². The van der Waals surface area contributed by atoms with Crippen molar-refractivity contribution in [3.8, 4) is 0 Å². The predicted octanol–water partition coefficient (Wildman–Crippen LogP) is 2.62. The molecule has 1 fully saturated rings. The number of hydrogen-bond donors (Lipinski definition) is 0. The lowest BCUT2D eigenvalue weighted by Gasteiger charge is -2.43. The first-order valence-electron chi connectivity index (χ1n) is 8.74. The first-order valence-corrected chi connectivity index (χ1v) is 8.74. The van der Waals surface area contributed by atoms with Gasteiger partial charge in [0.2, 0.25) is 5.91 Å². The molecule has 1 aromatic carbocycles. The van der Waals surface area contributed by atoms with Gasteiger partial charge < -0.3 is 19.0 Å². The number of morpholine rings is 1. The van der Waals surface area contributed by atoms with Crippen LogP contribution in [0, 0.1) is 0 Å². The monoisotopic (exact) mass is 356 g/mol. The zero-order chi connectivity index (χ0) is 18.7. The number of furan rings is 1. The Kier molecular flexibility index (Phi) is 5.42. The smallest absolute Gasteiger partial charge is 0.254 e. The van der Waals surface area contributed by atoms with Crippen LogP contribution < -0.4 is 0 Å². The average Bonchev–Trinajstić information content (AvgIpc) is 3.14. The van der Waals surface area contributed by atoms with E-state index in [9.17, 15) is 9.59 Å². The zero-order valence-electron chi connectivity index (χ0n) is 15.3. The van der Waals surface area contributed by atoms with E-state index in [1.54, 1.807) is 29.2 Å². The molecule has 6 nitrogen and oxygen atoms in total. The molecule has 1 aromatic heterocycles. The van der Waals surface area contributed by atoms with E-state index in [1.165, 1.54) is 0 Å². The van der Waals surface area contributed by atoms with Crippen molar-refractivity contribution in [3.63, 3.8) is 0 Å². The molecule has 2 atom stereocenters. The second kappa shape index (κ2) is 7.74. The Hall–Kier alpha value is -2.60. The molecule has 0 radical (unpaired) electrons. The summed E-state index contributed by atoms with van der Waals surface area (Å²) >= 11 is 0. The van der Waals surface area contributed by atoms with Crippen molar-refractivity contribution in [2.45, 2.75) is 38.6 Å². The number of benzene rings is 1. The Morgan fingerprint density at radius 3 is 2.58 bits per heavy atom. The minimum atomic E-state index is -0.752. The first kappa shape index (κ1) is 18.2. The SMILES string of the molecule is CC(C)N1C(=O)COC(C(=O)N(C)Cc2ccco2)C1c1ccccc1. The van der Waals surface area contributed by atoms with E-state index in [4.69, 9.17) is 9.15 Å². The predicted molar refractivity (Wildman–Crippen MR) is 96.1 cm³/mol. The van der Waals surface area contributed by atoms with Crippen molar-refractivity contribution in [1.29, 1.82) is 0 Å². The van der Waals surface area contributed by atoms with Crippen molar-refractivity contribution >= 4 is 11.8 Å². The molecule has 1 aliphatic rings. The third-order valence-corrected chi connectivity index (χ3v) is 4.55. The summed E-state index contributed by atoms with van der Waals surface area (Å²) in [6, 6.07) is 12.7. The maximum absolute atomic E-state index is 13.1.